The van der Waals surface area contributed by atoms with Gasteiger partial charge < -0.3 is 20.1 Å². The lowest BCUT2D eigenvalue weighted by atomic mass is 10.1. The van der Waals surface area contributed by atoms with E-state index in [-0.39, 0.29) is 5.91 Å². The van der Waals surface area contributed by atoms with Crippen LogP contribution in [0.5, 0.6) is 11.5 Å². The molecule has 0 fully saturated rings. The predicted molar refractivity (Wildman–Crippen MR) is 113 cm³/mol. The lowest BCUT2D eigenvalue weighted by Crippen LogP contribution is -2.12. The van der Waals surface area contributed by atoms with E-state index in [4.69, 9.17) is 9.47 Å². The monoisotopic (exact) mass is 376 g/mol. The molecule has 0 aromatic heterocycles. The Morgan fingerprint density at radius 1 is 0.821 bits per heavy atom. The summed E-state index contributed by atoms with van der Waals surface area (Å²) in [5, 5.41) is 6.28. The predicted octanol–water partition coefficient (Wildman–Crippen LogP) is 4.61. The molecule has 0 unspecified atom stereocenters. The maximum atomic E-state index is 12.4. The van der Waals surface area contributed by atoms with E-state index in [1.165, 1.54) is 5.56 Å². The quantitative estimate of drug-likeness (QED) is 0.603. The van der Waals surface area contributed by atoms with Gasteiger partial charge in [0.15, 0.2) is 0 Å². The Bertz CT molecular complexity index is 923. The van der Waals surface area contributed by atoms with Gasteiger partial charge in [0, 0.05) is 23.5 Å². The summed E-state index contributed by atoms with van der Waals surface area (Å²) in [4.78, 5) is 12.4. The molecule has 0 heterocycles. The van der Waals surface area contributed by atoms with Gasteiger partial charge in [0.05, 0.1) is 14.2 Å². The van der Waals surface area contributed by atoms with Crippen molar-refractivity contribution in [2.75, 3.05) is 31.4 Å². The average Bonchev–Trinajstić information content (AvgIpc) is 2.75. The van der Waals surface area contributed by atoms with E-state index in [9.17, 15) is 4.79 Å². The smallest absolute Gasteiger partial charge is 0.255 e. The molecule has 2 N–H and O–H groups in total. The van der Waals surface area contributed by atoms with Crippen molar-refractivity contribution in [2.24, 2.45) is 0 Å². The minimum absolute atomic E-state index is 0.169. The Morgan fingerprint density at radius 2 is 1.46 bits per heavy atom. The van der Waals surface area contributed by atoms with E-state index in [2.05, 4.69) is 16.7 Å². The first kappa shape index (κ1) is 19.3. The fourth-order valence-corrected chi connectivity index (χ4v) is 2.82. The molecule has 3 aromatic rings. The van der Waals surface area contributed by atoms with E-state index in [1.807, 2.05) is 48.5 Å². The highest BCUT2D eigenvalue weighted by molar-refractivity contribution is 6.04. The van der Waals surface area contributed by atoms with Crippen molar-refractivity contribution >= 4 is 17.3 Å². The molecule has 0 bridgehead atoms. The lowest BCUT2D eigenvalue weighted by molar-refractivity contribution is 0.102. The minimum Gasteiger partial charge on any atom is -0.497 e. The number of hydrogen-bond acceptors (Lipinski definition) is 4. The third-order valence-corrected chi connectivity index (χ3v) is 4.35. The highest BCUT2D eigenvalue weighted by Crippen LogP contribution is 2.18. The Morgan fingerprint density at radius 3 is 2.18 bits per heavy atom. The van der Waals surface area contributed by atoms with Crippen molar-refractivity contribution in [1.82, 2.24) is 0 Å². The first-order valence-electron chi connectivity index (χ1n) is 9.10. The van der Waals surface area contributed by atoms with E-state index in [1.54, 1.807) is 32.4 Å². The molecule has 3 aromatic carbocycles. The van der Waals surface area contributed by atoms with Crippen LogP contribution in [-0.2, 0) is 6.42 Å². The molecule has 1 amide bonds. The molecule has 0 radical (unpaired) electrons. The fourth-order valence-electron chi connectivity index (χ4n) is 2.82. The highest BCUT2D eigenvalue weighted by atomic mass is 16.5. The second kappa shape index (κ2) is 9.46. The van der Waals surface area contributed by atoms with Gasteiger partial charge in [-0.15, -0.1) is 0 Å². The molecule has 28 heavy (non-hydrogen) atoms. The number of nitrogens with one attached hydrogen (secondary N) is 2. The number of rotatable bonds is 8. The number of amides is 1. The topological polar surface area (TPSA) is 59.6 Å². The number of carbonyl (C=O) groups excluding carboxylic acids is 1. The summed E-state index contributed by atoms with van der Waals surface area (Å²) in [6.45, 7) is 0.808. The average molecular weight is 376 g/mol. The first-order valence-corrected chi connectivity index (χ1v) is 9.10. The second-order valence-electron chi connectivity index (χ2n) is 6.29. The second-order valence-corrected chi connectivity index (χ2v) is 6.29. The van der Waals surface area contributed by atoms with Gasteiger partial charge in [0.2, 0.25) is 0 Å². The molecule has 0 saturated heterocycles. The number of anilines is 2. The summed E-state index contributed by atoms with van der Waals surface area (Å²) in [5.74, 6) is 1.36. The van der Waals surface area contributed by atoms with Crippen LogP contribution in [0.15, 0.2) is 72.8 Å². The Labute approximate surface area is 165 Å². The van der Waals surface area contributed by atoms with Gasteiger partial charge in [0.25, 0.3) is 5.91 Å². The number of methoxy groups -OCH3 is 2. The molecular formula is C23H24N2O3. The van der Waals surface area contributed by atoms with Crippen molar-refractivity contribution in [3.8, 4) is 11.5 Å². The SMILES string of the molecule is COc1cccc(CCNc2ccc(NC(=O)c3cccc(OC)c3)cc2)c1. The van der Waals surface area contributed by atoms with Gasteiger partial charge in [-0.05, 0) is 66.6 Å². The Balaban J connectivity index is 1.52. The number of ether oxygens (including phenoxy) is 2. The molecule has 0 aliphatic heterocycles. The minimum atomic E-state index is -0.169. The molecule has 0 aliphatic rings. The van der Waals surface area contributed by atoms with Crippen LogP contribution in [0.3, 0.4) is 0 Å². The third kappa shape index (κ3) is 5.27. The molecular weight excluding hydrogens is 352 g/mol. The standard InChI is InChI=1S/C23H24N2O3/c1-27-21-7-3-5-17(15-21)13-14-24-19-9-11-20(12-10-19)25-23(26)18-6-4-8-22(16-18)28-2/h3-12,15-16,24H,13-14H2,1-2H3,(H,25,26). The largest absolute Gasteiger partial charge is 0.497 e. The van der Waals surface area contributed by atoms with Gasteiger partial charge in [0.1, 0.15) is 11.5 Å². The summed E-state index contributed by atoms with van der Waals surface area (Å²) < 4.78 is 10.4. The van der Waals surface area contributed by atoms with Crippen LogP contribution in [0.2, 0.25) is 0 Å². The fraction of sp³-hybridized carbons (Fsp3) is 0.174. The van der Waals surface area contributed by atoms with Crippen molar-refractivity contribution in [1.29, 1.82) is 0 Å². The van der Waals surface area contributed by atoms with Crippen molar-refractivity contribution in [3.63, 3.8) is 0 Å². The van der Waals surface area contributed by atoms with E-state index in [0.29, 0.717) is 11.3 Å². The molecule has 0 saturated carbocycles. The molecule has 0 atom stereocenters. The zero-order valence-electron chi connectivity index (χ0n) is 16.1. The summed E-state index contributed by atoms with van der Waals surface area (Å²) in [5.41, 5.74) is 3.52. The summed E-state index contributed by atoms with van der Waals surface area (Å²) in [6, 6.07) is 22.8. The number of benzene rings is 3. The molecule has 5 nitrogen and oxygen atoms in total. The summed E-state index contributed by atoms with van der Waals surface area (Å²) in [7, 11) is 3.25. The highest BCUT2D eigenvalue weighted by Gasteiger charge is 2.07. The maximum Gasteiger partial charge on any atom is 0.255 e. The Hall–Kier alpha value is -3.47. The summed E-state index contributed by atoms with van der Waals surface area (Å²) >= 11 is 0. The number of carbonyl (C=O) groups is 1. The van der Waals surface area contributed by atoms with Crippen molar-refractivity contribution in [3.05, 3.63) is 83.9 Å². The van der Waals surface area contributed by atoms with Crippen LogP contribution in [0.1, 0.15) is 15.9 Å². The van der Waals surface area contributed by atoms with Crippen molar-refractivity contribution < 1.29 is 14.3 Å². The van der Waals surface area contributed by atoms with Gasteiger partial charge in [-0.3, -0.25) is 4.79 Å². The molecule has 0 aliphatic carbocycles. The van der Waals surface area contributed by atoms with Crippen LogP contribution in [0.4, 0.5) is 11.4 Å². The molecule has 5 heteroatoms. The van der Waals surface area contributed by atoms with Crippen molar-refractivity contribution in [2.45, 2.75) is 6.42 Å². The van der Waals surface area contributed by atoms with Crippen LogP contribution in [0, 0.1) is 0 Å². The van der Waals surface area contributed by atoms with Crippen LogP contribution < -0.4 is 20.1 Å². The first-order chi connectivity index (χ1) is 13.7. The van der Waals surface area contributed by atoms with Gasteiger partial charge in [-0.2, -0.15) is 0 Å². The normalized spacial score (nSPS) is 10.2. The maximum absolute atomic E-state index is 12.4. The van der Waals surface area contributed by atoms with E-state index < -0.39 is 0 Å². The number of hydrogen-bond donors (Lipinski definition) is 2. The van der Waals surface area contributed by atoms with Crippen LogP contribution in [0.25, 0.3) is 0 Å². The van der Waals surface area contributed by atoms with Gasteiger partial charge >= 0.3 is 0 Å². The van der Waals surface area contributed by atoms with Crippen LogP contribution in [-0.4, -0.2) is 26.7 Å². The zero-order chi connectivity index (χ0) is 19.8. The lowest BCUT2D eigenvalue weighted by Gasteiger charge is -2.10. The van der Waals surface area contributed by atoms with E-state index in [0.717, 1.165) is 30.1 Å². The molecule has 3 rings (SSSR count). The zero-order valence-corrected chi connectivity index (χ0v) is 16.1. The van der Waals surface area contributed by atoms with Gasteiger partial charge in [-0.25, -0.2) is 0 Å². The van der Waals surface area contributed by atoms with E-state index >= 15 is 0 Å². The third-order valence-electron chi connectivity index (χ3n) is 4.35. The Kier molecular flexibility index (Phi) is 6.52. The molecule has 144 valence electrons. The summed E-state index contributed by atoms with van der Waals surface area (Å²) in [6.07, 6.45) is 0.894. The van der Waals surface area contributed by atoms with Gasteiger partial charge in [-0.1, -0.05) is 18.2 Å². The van der Waals surface area contributed by atoms with Crippen LogP contribution >= 0.6 is 0 Å². The molecule has 0 spiro atoms.